The quantitative estimate of drug-likeness (QED) is 0.622. The number of ether oxygens (including phenoxy) is 1. The van der Waals surface area contributed by atoms with E-state index in [2.05, 4.69) is 5.32 Å². The molecule has 2 rings (SSSR count). The van der Waals surface area contributed by atoms with Crippen LogP contribution in [0.2, 0.25) is 5.02 Å². The lowest BCUT2D eigenvalue weighted by atomic mass is 10.2. The van der Waals surface area contributed by atoms with Crippen LogP contribution in [0.5, 0.6) is 5.75 Å². The Balaban J connectivity index is 2.10. The Morgan fingerprint density at radius 1 is 1.14 bits per heavy atom. The first-order valence-corrected chi connectivity index (χ1v) is 10.6. The minimum absolute atomic E-state index is 0.0533. The predicted octanol–water partition coefficient (Wildman–Crippen LogP) is 2.49. The SMILES string of the molecule is CCN(CC)S(=O)(=O)c1cccc(NC(=O)COc2ccc(Cl)cc2C(N)=O)c1. The molecule has 0 heterocycles. The highest BCUT2D eigenvalue weighted by atomic mass is 35.5. The molecule has 29 heavy (non-hydrogen) atoms. The molecule has 2 amide bonds. The third-order valence-corrected chi connectivity index (χ3v) is 6.31. The third-order valence-electron chi connectivity index (χ3n) is 4.03. The van der Waals surface area contributed by atoms with Crippen molar-refractivity contribution < 1.29 is 22.7 Å². The number of carbonyl (C=O) groups excluding carboxylic acids is 2. The molecule has 0 aromatic heterocycles. The normalized spacial score (nSPS) is 11.3. The van der Waals surface area contributed by atoms with Gasteiger partial charge in [-0.05, 0) is 36.4 Å². The second-order valence-electron chi connectivity index (χ2n) is 5.96. The third kappa shape index (κ3) is 5.69. The van der Waals surface area contributed by atoms with Gasteiger partial charge in [-0.25, -0.2) is 8.42 Å². The average Bonchev–Trinajstić information content (AvgIpc) is 2.67. The fourth-order valence-corrected chi connectivity index (χ4v) is 4.28. The number of hydrogen-bond donors (Lipinski definition) is 2. The number of nitrogens with zero attached hydrogens (tertiary/aromatic N) is 1. The van der Waals surface area contributed by atoms with Crippen LogP contribution in [-0.4, -0.2) is 44.2 Å². The second-order valence-corrected chi connectivity index (χ2v) is 8.33. The van der Waals surface area contributed by atoms with Crippen LogP contribution in [0.1, 0.15) is 24.2 Å². The van der Waals surface area contributed by atoms with Gasteiger partial charge in [0.1, 0.15) is 5.75 Å². The molecule has 0 saturated carbocycles. The Morgan fingerprint density at radius 2 is 1.83 bits per heavy atom. The van der Waals surface area contributed by atoms with Gasteiger partial charge in [0.2, 0.25) is 10.0 Å². The van der Waals surface area contributed by atoms with Crippen molar-refractivity contribution in [3.8, 4) is 5.75 Å². The monoisotopic (exact) mass is 439 g/mol. The van der Waals surface area contributed by atoms with E-state index in [0.29, 0.717) is 23.8 Å². The zero-order valence-electron chi connectivity index (χ0n) is 16.0. The Kier molecular flexibility index (Phi) is 7.60. The van der Waals surface area contributed by atoms with E-state index in [9.17, 15) is 18.0 Å². The van der Waals surface area contributed by atoms with Crippen molar-refractivity contribution in [1.82, 2.24) is 4.31 Å². The van der Waals surface area contributed by atoms with E-state index in [1.54, 1.807) is 19.9 Å². The largest absolute Gasteiger partial charge is 0.483 e. The average molecular weight is 440 g/mol. The minimum atomic E-state index is -3.65. The van der Waals surface area contributed by atoms with E-state index in [0.717, 1.165) is 0 Å². The van der Waals surface area contributed by atoms with E-state index in [1.807, 2.05) is 0 Å². The van der Waals surface area contributed by atoms with Gasteiger partial charge in [0, 0.05) is 23.8 Å². The number of nitrogens with one attached hydrogen (secondary N) is 1. The fourth-order valence-electron chi connectivity index (χ4n) is 2.61. The van der Waals surface area contributed by atoms with E-state index < -0.39 is 28.4 Å². The van der Waals surface area contributed by atoms with Crippen molar-refractivity contribution in [2.45, 2.75) is 18.7 Å². The molecule has 2 aromatic rings. The number of rotatable bonds is 9. The second kappa shape index (κ2) is 9.73. The summed E-state index contributed by atoms with van der Waals surface area (Å²) in [5, 5.41) is 2.88. The van der Waals surface area contributed by atoms with Crippen LogP contribution in [0.25, 0.3) is 0 Å². The number of nitrogens with two attached hydrogens (primary N) is 1. The van der Waals surface area contributed by atoms with Gasteiger partial charge in [-0.3, -0.25) is 9.59 Å². The molecular weight excluding hydrogens is 418 g/mol. The maximum Gasteiger partial charge on any atom is 0.262 e. The summed E-state index contributed by atoms with van der Waals surface area (Å²) in [5.74, 6) is -1.15. The summed E-state index contributed by atoms with van der Waals surface area (Å²) >= 11 is 5.83. The standard InChI is InChI=1S/C19H22ClN3O5S/c1-3-23(4-2)29(26,27)15-7-5-6-14(11-15)22-18(24)12-28-17-9-8-13(20)10-16(17)19(21)25/h5-11H,3-4,12H2,1-2H3,(H2,21,25)(H,22,24). The lowest BCUT2D eigenvalue weighted by Crippen LogP contribution is -2.30. The van der Waals surface area contributed by atoms with Crippen LogP contribution in [-0.2, 0) is 14.8 Å². The smallest absolute Gasteiger partial charge is 0.262 e. The number of primary amides is 1. The van der Waals surface area contributed by atoms with E-state index in [-0.39, 0.29) is 16.2 Å². The number of anilines is 1. The molecule has 0 aliphatic heterocycles. The van der Waals surface area contributed by atoms with E-state index >= 15 is 0 Å². The molecule has 2 aromatic carbocycles. The molecular formula is C19H22ClN3O5S. The first kappa shape index (κ1) is 22.7. The highest BCUT2D eigenvalue weighted by Crippen LogP contribution is 2.23. The highest BCUT2D eigenvalue weighted by molar-refractivity contribution is 7.89. The topological polar surface area (TPSA) is 119 Å². The van der Waals surface area contributed by atoms with Crippen molar-refractivity contribution in [2.24, 2.45) is 5.73 Å². The van der Waals surface area contributed by atoms with Gasteiger partial charge >= 0.3 is 0 Å². The first-order chi connectivity index (χ1) is 13.7. The zero-order chi connectivity index (χ0) is 21.6. The zero-order valence-corrected chi connectivity index (χ0v) is 17.6. The first-order valence-electron chi connectivity index (χ1n) is 8.81. The van der Waals surface area contributed by atoms with Crippen molar-refractivity contribution >= 4 is 39.1 Å². The van der Waals surface area contributed by atoms with Crippen LogP contribution in [0, 0.1) is 0 Å². The summed E-state index contributed by atoms with van der Waals surface area (Å²) < 4.78 is 31.9. The van der Waals surface area contributed by atoms with Gasteiger partial charge in [0.25, 0.3) is 11.8 Å². The number of carbonyl (C=O) groups is 2. The van der Waals surface area contributed by atoms with E-state index in [4.69, 9.17) is 22.1 Å². The molecule has 0 bridgehead atoms. The Morgan fingerprint density at radius 3 is 2.45 bits per heavy atom. The molecule has 0 atom stereocenters. The van der Waals surface area contributed by atoms with Crippen LogP contribution in [0.4, 0.5) is 5.69 Å². The number of benzene rings is 2. The number of amides is 2. The van der Waals surface area contributed by atoms with Gasteiger partial charge in [-0.15, -0.1) is 0 Å². The molecule has 0 unspecified atom stereocenters. The molecule has 0 saturated heterocycles. The molecule has 0 aliphatic rings. The van der Waals surface area contributed by atoms with Crippen LogP contribution >= 0.6 is 11.6 Å². The molecule has 0 radical (unpaired) electrons. The Hall–Kier alpha value is -2.62. The van der Waals surface area contributed by atoms with Gasteiger partial charge < -0.3 is 15.8 Å². The maximum atomic E-state index is 12.6. The summed E-state index contributed by atoms with van der Waals surface area (Å²) in [5.41, 5.74) is 5.64. The van der Waals surface area contributed by atoms with Crippen molar-refractivity contribution in [3.05, 3.63) is 53.1 Å². The number of halogens is 1. The molecule has 0 aliphatic carbocycles. The van der Waals surface area contributed by atoms with Crippen molar-refractivity contribution in [2.75, 3.05) is 25.0 Å². The highest BCUT2D eigenvalue weighted by Gasteiger charge is 2.22. The van der Waals surface area contributed by atoms with Gasteiger partial charge in [0.15, 0.2) is 6.61 Å². The summed E-state index contributed by atoms with van der Waals surface area (Å²) in [6.07, 6.45) is 0. The van der Waals surface area contributed by atoms with Gasteiger partial charge in [0.05, 0.1) is 10.5 Å². The van der Waals surface area contributed by atoms with Crippen LogP contribution < -0.4 is 15.8 Å². The van der Waals surface area contributed by atoms with E-state index in [1.165, 1.54) is 40.7 Å². The minimum Gasteiger partial charge on any atom is -0.483 e. The molecule has 156 valence electrons. The van der Waals surface area contributed by atoms with Crippen molar-refractivity contribution in [3.63, 3.8) is 0 Å². The van der Waals surface area contributed by atoms with Crippen LogP contribution in [0.3, 0.4) is 0 Å². The number of sulfonamides is 1. The van der Waals surface area contributed by atoms with Gasteiger partial charge in [-0.2, -0.15) is 4.31 Å². The lowest BCUT2D eigenvalue weighted by Gasteiger charge is -2.19. The van der Waals surface area contributed by atoms with Crippen LogP contribution in [0.15, 0.2) is 47.4 Å². The Bertz CT molecular complexity index is 1010. The molecule has 8 nitrogen and oxygen atoms in total. The summed E-state index contributed by atoms with van der Waals surface area (Å²) in [4.78, 5) is 23.7. The summed E-state index contributed by atoms with van der Waals surface area (Å²) in [6, 6.07) is 10.2. The summed E-state index contributed by atoms with van der Waals surface area (Å²) in [6.45, 7) is 3.77. The predicted molar refractivity (Wildman–Crippen MR) is 111 cm³/mol. The molecule has 0 fully saturated rings. The lowest BCUT2D eigenvalue weighted by molar-refractivity contribution is -0.118. The fraction of sp³-hybridized carbons (Fsp3) is 0.263. The Labute approximate surface area is 174 Å². The van der Waals surface area contributed by atoms with Crippen molar-refractivity contribution in [1.29, 1.82) is 0 Å². The van der Waals surface area contributed by atoms with Gasteiger partial charge in [-0.1, -0.05) is 31.5 Å². The molecule has 0 spiro atoms. The number of hydrogen-bond acceptors (Lipinski definition) is 5. The molecule has 3 N–H and O–H groups in total. The maximum absolute atomic E-state index is 12.6. The molecule has 10 heteroatoms. The summed E-state index contributed by atoms with van der Waals surface area (Å²) in [7, 11) is -3.65.